The Morgan fingerprint density at radius 2 is 1.63 bits per heavy atom. The summed E-state index contributed by atoms with van der Waals surface area (Å²) in [6.45, 7) is 1.74. The fraction of sp³-hybridized carbons (Fsp3) is 0.0952. The molecule has 0 saturated heterocycles. The number of nitrogens with zero attached hydrogens (tertiary/aromatic N) is 1. The van der Waals surface area contributed by atoms with Crippen LogP contribution in [0.15, 0.2) is 83.8 Å². The van der Waals surface area contributed by atoms with Crippen LogP contribution in [0.25, 0.3) is 0 Å². The standard InChI is InChI=1S/C21H18N2O3S/c1-15-14-17(23(25)26)12-13-19(15)22-21(24)20(16-8-4-2-5-9-16)27-18-10-6-3-7-11-18/h2-14,20H,1H3,(H,22,24)/t20-/m0/s1. The third-order valence-corrected chi connectivity index (χ3v) is 5.28. The lowest BCUT2D eigenvalue weighted by atomic mass is 10.1. The number of anilines is 1. The molecule has 27 heavy (non-hydrogen) atoms. The molecular weight excluding hydrogens is 360 g/mol. The monoisotopic (exact) mass is 378 g/mol. The molecule has 0 bridgehead atoms. The number of hydrogen-bond donors (Lipinski definition) is 1. The molecule has 1 amide bonds. The normalized spacial score (nSPS) is 11.6. The molecule has 0 aromatic heterocycles. The number of hydrogen-bond acceptors (Lipinski definition) is 4. The van der Waals surface area contributed by atoms with E-state index in [0.29, 0.717) is 11.3 Å². The van der Waals surface area contributed by atoms with Gasteiger partial charge in [-0.25, -0.2) is 0 Å². The van der Waals surface area contributed by atoms with Crippen LogP contribution in [0.1, 0.15) is 16.4 Å². The number of carbonyl (C=O) groups excluding carboxylic acids is 1. The number of non-ortho nitro benzene ring substituents is 1. The van der Waals surface area contributed by atoms with Crippen molar-refractivity contribution in [2.75, 3.05) is 5.32 Å². The average molecular weight is 378 g/mol. The maximum atomic E-state index is 13.0. The van der Waals surface area contributed by atoms with Gasteiger partial charge in [-0.2, -0.15) is 0 Å². The van der Waals surface area contributed by atoms with Crippen molar-refractivity contribution in [3.8, 4) is 0 Å². The molecule has 0 heterocycles. The van der Waals surface area contributed by atoms with E-state index < -0.39 is 10.2 Å². The summed E-state index contributed by atoms with van der Waals surface area (Å²) in [6, 6.07) is 23.7. The van der Waals surface area contributed by atoms with Gasteiger partial charge in [-0.1, -0.05) is 48.5 Å². The minimum atomic E-state index is -0.448. The molecule has 3 rings (SSSR count). The zero-order valence-corrected chi connectivity index (χ0v) is 15.5. The summed E-state index contributed by atoms with van der Waals surface area (Å²) in [5.41, 5.74) is 2.11. The number of thioether (sulfide) groups is 1. The Balaban J connectivity index is 1.86. The lowest BCUT2D eigenvalue weighted by molar-refractivity contribution is -0.384. The molecule has 0 unspecified atom stereocenters. The van der Waals surface area contributed by atoms with Gasteiger partial charge in [-0.15, -0.1) is 11.8 Å². The third kappa shape index (κ3) is 4.74. The Bertz CT molecular complexity index is 946. The molecule has 3 aromatic rings. The highest BCUT2D eigenvalue weighted by Crippen LogP contribution is 2.36. The van der Waals surface area contributed by atoms with E-state index in [2.05, 4.69) is 5.32 Å². The van der Waals surface area contributed by atoms with Crippen LogP contribution >= 0.6 is 11.8 Å². The van der Waals surface area contributed by atoms with Gasteiger partial charge in [-0.05, 0) is 36.2 Å². The van der Waals surface area contributed by atoms with Crippen molar-refractivity contribution in [2.45, 2.75) is 17.1 Å². The number of nitrogens with one attached hydrogen (secondary N) is 1. The zero-order chi connectivity index (χ0) is 19.2. The summed E-state index contributed by atoms with van der Waals surface area (Å²) in [5, 5.41) is 13.4. The van der Waals surface area contributed by atoms with E-state index in [1.807, 2.05) is 60.7 Å². The van der Waals surface area contributed by atoms with Crippen molar-refractivity contribution in [1.82, 2.24) is 0 Å². The molecule has 0 aliphatic rings. The average Bonchev–Trinajstić information content (AvgIpc) is 2.69. The Kier molecular flexibility index (Phi) is 5.88. The number of benzene rings is 3. The van der Waals surface area contributed by atoms with E-state index in [1.165, 1.54) is 23.9 Å². The quantitative estimate of drug-likeness (QED) is 0.355. The molecule has 0 aliphatic heterocycles. The molecule has 5 nitrogen and oxygen atoms in total. The van der Waals surface area contributed by atoms with Crippen molar-refractivity contribution in [1.29, 1.82) is 0 Å². The molecule has 0 fully saturated rings. The van der Waals surface area contributed by atoms with Crippen molar-refractivity contribution in [3.63, 3.8) is 0 Å². The van der Waals surface area contributed by atoms with Gasteiger partial charge in [-0.3, -0.25) is 14.9 Å². The van der Waals surface area contributed by atoms with Gasteiger partial charge in [0.15, 0.2) is 0 Å². The van der Waals surface area contributed by atoms with Gasteiger partial charge in [0.05, 0.1) is 4.92 Å². The van der Waals surface area contributed by atoms with Gasteiger partial charge in [0.1, 0.15) is 5.25 Å². The van der Waals surface area contributed by atoms with Crippen molar-refractivity contribution >= 4 is 29.0 Å². The number of nitro groups is 1. The SMILES string of the molecule is Cc1cc([N+](=O)[O-])ccc1NC(=O)[C@@H](Sc1ccccc1)c1ccccc1. The van der Waals surface area contributed by atoms with Gasteiger partial charge in [0.2, 0.25) is 5.91 Å². The van der Waals surface area contributed by atoms with Crippen LogP contribution in [0.4, 0.5) is 11.4 Å². The number of amides is 1. The Morgan fingerprint density at radius 3 is 2.22 bits per heavy atom. The lowest BCUT2D eigenvalue weighted by Gasteiger charge is -2.18. The first-order valence-electron chi connectivity index (χ1n) is 8.37. The van der Waals surface area contributed by atoms with Crippen molar-refractivity contribution in [3.05, 3.63) is 100 Å². The van der Waals surface area contributed by atoms with Gasteiger partial charge >= 0.3 is 0 Å². The van der Waals surface area contributed by atoms with Crippen molar-refractivity contribution < 1.29 is 9.72 Å². The summed E-state index contributed by atoms with van der Waals surface area (Å²) in [6.07, 6.45) is 0. The first-order chi connectivity index (χ1) is 13.0. The number of rotatable bonds is 6. The minimum Gasteiger partial charge on any atom is -0.325 e. The predicted octanol–water partition coefficient (Wildman–Crippen LogP) is 5.38. The van der Waals surface area contributed by atoms with E-state index in [1.54, 1.807) is 13.0 Å². The molecule has 0 radical (unpaired) electrons. The maximum Gasteiger partial charge on any atom is 0.269 e. The van der Waals surface area contributed by atoms with Crippen LogP contribution in [0.3, 0.4) is 0 Å². The third-order valence-electron chi connectivity index (χ3n) is 4.02. The second kappa shape index (κ2) is 8.51. The highest BCUT2D eigenvalue weighted by atomic mass is 32.2. The van der Waals surface area contributed by atoms with Gasteiger partial charge in [0.25, 0.3) is 5.69 Å². The summed E-state index contributed by atoms with van der Waals surface area (Å²) >= 11 is 1.46. The number of aryl methyl sites for hydroxylation is 1. The van der Waals surface area contributed by atoms with Crippen LogP contribution in [0, 0.1) is 17.0 Å². The van der Waals surface area contributed by atoms with Crippen LogP contribution in [0.5, 0.6) is 0 Å². The highest BCUT2D eigenvalue weighted by Gasteiger charge is 2.23. The molecule has 1 N–H and O–H groups in total. The summed E-state index contributed by atoms with van der Waals surface area (Å²) in [4.78, 5) is 24.5. The first kappa shape index (κ1) is 18.7. The highest BCUT2D eigenvalue weighted by molar-refractivity contribution is 8.00. The Morgan fingerprint density at radius 1 is 1.00 bits per heavy atom. The van der Waals surface area contributed by atoms with Crippen LogP contribution in [-0.4, -0.2) is 10.8 Å². The molecule has 136 valence electrons. The predicted molar refractivity (Wildman–Crippen MR) is 108 cm³/mol. The number of nitro benzene ring substituents is 1. The van der Waals surface area contributed by atoms with E-state index in [9.17, 15) is 14.9 Å². The largest absolute Gasteiger partial charge is 0.325 e. The number of carbonyl (C=O) groups is 1. The summed E-state index contributed by atoms with van der Waals surface area (Å²) in [5.74, 6) is -0.174. The Hall–Kier alpha value is -3.12. The molecule has 1 atom stereocenters. The molecule has 0 aliphatic carbocycles. The smallest absolute Gasteiger partial charge is 0.269 e. The molecule has 6 heteroatoms. The molecular formula is C21H18N2O3S. The summed E-state index contributed by atoms with van der Waals surface area (Å²) < 4.78 is 0. The van der Waals surface area contributed by atoms with E-state index in [4.69, 9.17) is 0 Å². The van der Waals surface area contributed by atoms with Crippen LogP contribution in [-0.2, 0) is 4.79 Å². The minimum absolute atomic E-state index is 0.00349. The second-order valence-corrected chi connectivity index (χ2v) is 7.15. The van der Waals surface area contributed by atoms with E-state index >= 15 is 0 Å². The topological polar surface area (TPSA) is 72.2 Å². The Labute approximate surface area is 161 Å². The van der Waals surface area contributed by atoms with E-state index in [0.717, 1.165) is 10.5 Å². The van der Waals surface area contributed by atoms with Gasteiger partial charge in [0, 0.05) is 22.7 Å². The fourth-order valence-corrected chi connectivity index (χ4v) is 3.68. The molecule has 0 saturated carbocycles. The lowest BCUT2D eigenvalue weighted by Crippen LogP contribution is -2.19. The molecule has 0 spiro atoms. The van der Waals surface area contributed by atoms with Crippen LogP contribution in [0.2, 0.25) is 0 Å². The first-order valence-corrected chi connectivity index (χ1v) is 9.25. The maximum absolute atomic E-state index is 13.0. The molecule has 3 aromatic carbocycles. The van der Waals surface area contributed by atoms with Crippen LogP contribution < -0.4 is 5.32 Å². The van der Waals surface area contributed by atoms with Crippen molar-refractivity contribution in [2.24, 2.45) is 0 Å². The summed E-state index contributed by atoms with van der Waals surface area (Å²) in [7, 11) is 0. The van der Waals surface area contributed by atoms with E-state index in [-0.39, 0.29) is 11.6 Å². The second-order valence-electron chi connectivity index (χ2n) is 5.97. The zero-order valence-electron chi connectivity index (χ0n) is 14.7. The van der Waals surface area contributed by atoms with Gasteiger partial charge < -0.3 is 5.32 Å². The fourth-order valence-electron chi connectivity index (χ4n) is 2.64.